The first-order valence-corrected chi connectivity index (χ1v) is 8.04. The summed E-state index contributed by atoms with van der Waals surface area (Å²) in [7, 11) is 0. The third-order valence-corrected chi connectivity index (χ3v) is 4.28. The van der Waals surface area contributed by atoms with Crippen LogP contribution in [-0.2, 0) is 12.0 Å². The number of hydrogen-bond acceptors (Lipinski definition) is 2. The Kier molecular flexibility index (Phi) is 5.22. The topological polar surface area (TPSA) is 15.3 Å². The fourth-order valence-electron chi connectivity index (χ4n) is 2.86. The lowest BCUT2D eigenvalue weighted by Crippen LogP contribution is -2.36. The van der Waals surface area contributed by atoms with E-state index in [0.717, 1.165) is 13.1 Å². The van der Waals surface area contributed by atoms with Gasteiger partial charge in [0.2, 0.25) is 0 Å². The average Bonchev–Trinajstić information content (AvgIpc) is 2.63. The van der Waals surface area contributed by atoms with Gasteiger partial charge in [0, 0.05) is 19.1 Å². The molecular formula is C18H30N2. The highest BCUT2D eigenvalue weighted by Gasteiger charge is 2.17. The van der Waals surface area contributed by atoms with E-state index in [0.29, 0.717) is 6.04 Å². The molecule has 0 bridgehead atoms. The zero-order chi connectivity index (χ0) is 14.6. The second kappa shape index (κ2) is 6.73. The molecule has 0 radical (unpaired) electrons. The van der Waals surface area contributed by atoms with Crippen LogP contribution in [0.15, 0.2) is 24.3 Å². The Morgan fingerprint density at radius 1 is 1.20 bits per heavy atom. The molecule has 1 N–H and O–H groups in total. The molecule has 2 heteroatoms. The van der Waals surface area contributed by atoms with Gasteiger partial charge in [0.1, 0.15) is 0 Å². The zero-order valence-corrected chi connectivity index (χ0v) is 13.6. The molecule has 0 saturated carbocycles. The van der Waals surface area contributed by atoms with Gasteiger partial charge in [-0.25, -0.2) is 0 Å². The summed E-state index contributed by atoms with van der Waals surface area (Å²) >= 11 is 0. The summed E-state index contributed by atoms with van der Waals surface area (Å²) < 4.78 is 0. The van der Waals surface area contributed by atoms with Crippen molar-refractivity contribution in [2.75, 3.05) is 19.6 Å². The molecule has 0 aliphatic carbocycles. The van der Waals surface area contributed by atoms with Crippen molar-refractivity contribution in [3.05, 3.63) is 35.4 Å². The Morgan fingerprint density at radius 3 is 2.50 bits per heavy atom. The van der Waals surface area contributed by atoms with Crippen molar-refractivity contribution in [1.29, 1.82) is 0 Å². The highest BCUT2D eigenvalue weighted by atomic mass is 15.2. The average molecular weight is 274 g/mol. The smallest absolute Gasteiger partial charge is 0.0234 e. The third kappa shape index (κ3) is 4.32. The molecule has 1 aliphatic rings. The van der Waals surface area contributed by atoms with E-state index in [1.807, 2.05) is 0 Å². The summed E-state index contributed by atoms with van der Waals surface area (Å²) in [6.07, 6.45) is 2.48. The maximum atomic E-state index is 3.63. The van der Waals surface area contributed by atoms with Crippen LogP contribution in [0.2, 0.25) is 0 Å². The van der Waals surface area contributed by atoms with Crippen LogP contribution in [0.25, 0.3) is 0 Å². The Bertz CT molecular complexity index is 402. The highest BCUT2D eigenvalue weighted by Crippen LogP contribution is 2.22. The van der Waals surface area contributed by atoms with Crippen LogP contribution < -0.4 is 5.32 Å². The fraction of sp³-hybridized carbons (Fsp3) is 0.667. The molecule has 2 nitrogen and oxygen atoms in total. The van der Waals surface area contributed by atoms with Crippen LogP contribution in [0.3, 0.4) is 0 Å². The first-order chi connectivity index (χ1) is 9.49. The minimum absolute atomic E-state index is 0.248. The first kappa shape index (κ1) is 15.5. The summed E-state index contributed by atoms with van der Waals surface area (Å²) in [5, 5.41) is 3.63. The molecule has 1 aromatic carbocycles. The Balaban J connectivity index is 1.98. The van der Waals surface area contributed by atoms with Crippen LogP contribution in [0, 0.1) is 0 Å². The number of nitrogens with one attached hydrogen (secondary N) is 1. The number of rotatable bonds is 3. The van der Waals surface area contributed by atoms with Gasteiger partial charge in [0.05, 0.1) is 0 Å². The zero-order valence-electron chi connectivity index (χ0n) is 13.6. The van der Waals surface area contributed by atoms with Crippen molar-refractivity contribution < 1.29 is 0 Å². The highest BCUT2D eigenvalue weighted by molar-refractivity contribution is 5.27. The first-order valence-electron chi connectivity index (χ1n) is 8.04. The molecule has 20 heavy (non-hydrogen) atoms. The van der Waals surface area contributed by atoms with Crippen LogP contribution in [0.1, 0.15) is 51.7 Å². The minimum Gasteiger partial charge on any atom is -0.313 e. The van der Waals surface area contributed by atoms with Gasteiger partial charge in [-0.05, 0) is 42.5 Å². The van der Waals surface area contributed by atoms with Crippen molar-refractivity contribution in [1.82, 2.24) is 10.2 Å². The van der Waals surface area contributed by atoms with Gasteiger partial charge in [0.15, 0.2) is 0 Å². The van der Waals surface area contributed by atoms with Crippen LogP contribution >= 0.6 is 0 Å². The molecule has 112 valence electrons. The van der Waals surface area contributed by atoms with Gasteiger partial charge in [-0.2, -0.15) is 0 Å². The van der Waals surface area contributed by atoms with Gasteiger partial charge in [0.25, 0.3) is 0 Å². The van der Waals surface area contributed by atoms with Crippen molar-refractivity contribution >= 4 is 0 Å². The van der Waals surface area contributed by atoms with Gasteiger partial charge in [-0.15, -0.1) is 0 Å². The monoisotopic (exact) mass is 274 g/mol. The van der Waals surface area contributed by atoms with Crippen molar-refractivity contribution in [2.24, 2.45) is 0 Å². The van der Waals surface area contributed by atoms with Crippen molar-refractivity contribution in [3.63, 3.8) is 0 Å². The molecule has 1 unspecified atom stereocenters. The summed E-state index contributed by atoms with van der Waals surface area (Å²) in [6.45, 7) is 13.7. The van der Waals surface area contributed by atoms with E-state index >= 15 is 0 Å². The minimum atomic E-state index is 0.248. The lowest BCUT2D eigenvalue weighted by atomic mass is 9.87. The van der Waals surface area contributed by atoms with Crippen molar-refractivity contribution in [3.8, 4) is 0 Å². The molecule has 1 aliphatic heterocycles. The summed E-state index contributed by atoms with van der Waals surface area (Å²) in [5.41, 5.74) is 3.11. The predicted octanol–water partition coefficient (Wildman–Crippen LogP) is 3.56. The summed E-state index contributed by atoms with van der Waals surface area (Å²) in [4.78, 5) is 2.60. The van der Waals surface area contributed by atoms with E-state index in [-0.39, 0.29) is 5.41 Å². The maximum Gasteiger partial charge on any atom is 0.0234 e. The number of nitrogens with zero attached hydrogens (tertiary/aromatic N) is 1. The molecule has 2 rings (SSSR count). The molecule has 1 heterocycles. The Labute approximate surface area is 124 Å². The second-order valence-electron chi connectivity index (χ2n) is 7.09. The van der Waals surface area contributed by atoms with Gasteiger partial charge < -0.3 is 5.32 Å². The molecule has 1 saturated heterocycles. The number of benzene rings is 1. The SMILES string of the molecule is CCC1CN(Cc2ccc(C(C)(C)C)cc2)CCCN1. The second-order valence-corrected chi connectivity index (χ2v) is 7.09. The largest absolute Gasteiger partial charge is 0.313 e. The van der Waals surface area contributed by atoms with Gasteiger partial charge >= 0.3 is 0 Å². The van der Waals surface area contributed by atoms with E-state index in [1.54, 1.807) is 0 Å². The van der Waals surface area contributed by atoms with E-state index < -0.39 is 0 Å². The van der Waals surface area contributed by atoms with E-state index in [9.17, 15) is 0 Å². The van der Waals surface area contributed by atoms with E-state index in [1.165, 1.54) is 37.1 Å². The molecule has 0 amide bonds. The quantitative estimate of drug-likeness (QED) is 0.906. The fourth-order valence-corrected chi connectivity index (χ4v) is 2.86. The molecule has 1 fully saturated rings. The van der Waals surface area contributed by atoms with E-state index in [2.05, 4.69) is 62.2 Å². The van der Waals surface area contributed by atoms with Crippen LogP contribution in [0.4, 0.5) is 0 Å². The summed E-state index contributed by atoms with van der Waals surface area (Å²) in [5.74, 6) is 0. The van der Waals surface area contributed by atoms with Gasteiger partial charge in [-0.3, -0.25) is 4.90 Å². The van der Waals surface area contributed by atoms with Crippen molar-refractivity contribution in [2.45, 2.75) is 58.5 Å². The predicted molar refractivity (Wildman–Crippen MR) is 87.1 cm³/mol. The lowest BCUT2D eigenvalue weighted by molar-refractivity contribution is 0.257. The standard InChI is InChI=1S/C18H30N2/c1-5-17-14-20(12-6-11-19-17)13-15-7-9-16(10-8-15)18(2,3)4/h7-10,17,19H,5-6,11-14H2,1-4H3. The molecular weight excluding hydrogens is 244 g/mol. The van der Waals surface area contributed by atoms with Crippen LogP contribution in [-0.4, -0.2) is 30.6 Å². The molecule has 1 aromatic rings. The maximum absolute atomic E-state index is 3.63. The van der Waals surface area contributed by atoms with Gasteiger partial charge in [-0.1, -0.05) is 52.0 Å². The Morgan fingerprint density at radius 2 is 1.90 bits per heavy atom. The Hall–Kier alpha value is -0.860. The third-order valence-electron chi connectivity index (χ3n) is 4.28. The molecule has 1 atom stereocenters. The van der Waals surface area contributed by atoms with Crippen LogP contribution in [0.5, 0.6) is 0 Å². The normalized spacial score (nSPS) is 21.7. The summed E-state index contributed by atoms with van der Waals surface area (Å²) in [6, 6.07) is 9.86. The molecule has 0 aromatic heterocycles. The lowest BCUT2D eigenvalue weighted by Gasteiger charge is -2.24. The number of hydrogen-bond donors (Lipinski definition) is 1. The molecule has 0 spiro atoms. The van der Waals surface area contributed by atoms with E-state index in [4.69, 9.17) is 0 Å².